The molecule has 0 aliphatic heterocycles. The van der Waals surface area contributed by atoms with Crippen LogP contribution in [0.2, 0.25) is 0 Å². The number of hydrogen-bond donors (Lipinski definition) is 2. The van der Waals surface area contributed by atoms with E-state index in [2.05, 4.69) is 4.74 Å². The fraction of sp³-hybridized carbons (Fsp3) is 0.333. The van der Waals surface area contributed by atoms with Crippen molar-refractivity contribution in [2.45, 2.75) is 12.5 Å². The Bertz CT molecular complexity index is 415. The molecule has 0 amide bonds. The fourth-order valence-corrected chi connectivity index (χ4v) is 1.36. The number of hydrogen-bond acceptors (Lipinski definition) is 5. The number of benzene rings is 1. The van der Waals surface area contributed by atoms with Gasteiger partial charge in [-0.25, -0.2) is 4.79 Å². The third-order valence-corrected chi connectivity index (χ3v) is 2.25. The van der Waals surface area contributed by atoms with Crippen LogP contribution in [0.1, 0.15) is 5.56 Å². The van der Waals surface area contributed by atoms with E-state index >= 15 is 0 Å². The number of esters is 1. The molecule has 0 saturated heterocycles. The first-order valence-corrected chi connectivity index (χ1v) is 5.30. The predicted molar refractivity (Wildman–Crippen MR) is 63.3 cm³/mol. The molecule has 0 saturated carbocycles. The molecule has 0 bridgehead atoms. The van der Waals surface area contributed by atoms with Gasteiger partial charge in [-0.05, 0) is 24.1 Å². The zero-order valence-electron chi connectivity index (χ0n) is 9.96. The van der Waals surface area contributed by atoms with Crippen molar-refractivity contribution in [3.8, 4) is 5.75 Å². The summed E-state index contributed by atoms with van der Waals surface area (Å²) in [5.74, 6) is -1.05. The number of aliphatic carboxylic acids is 1. The summed E-state index contributed by atoms with van der Waals surface area (Å²) in [6, 6.07) is 5.99. The molecular weight excluding hydrogens is 238 g/mol. The maximum atomic E-state index is 11.1. The van der Waals surface area contributed by atoms with Crippen molar-refractivity contribution in [1.29, 1.82) is 0 Å². The van der Waals surface area contributed by atoms with E-state index in [9.17, 15) is 9.59 Å². The van der Waals surface area contributed by atoms with Crippen LogP contribution in [0, 0.1) is 0 Å². The average Bonchev–Trinajstić information content (AvgIpc) is 2.36. The summed E-state index contributed by atoms with van der Waals surface area (Å²) in [4.78, 5) is 21.4. The topological polar surface area (TPSA) is 98.9 Å². The van der Waals surface area contributed by atoms with Gasteiger partial charge in [0.05, 0.1) is 7.11 Å². The highest BCUT2D eigenvalue weighted by Gasteiger charge is 2.14. The second-order valence-electron chi connectivity index (χ2n) is 3.66. The molecule has 6 heteroatoms. The molecule has 0 fully saturated rings. The summed E-state index contributed by atoms with van der Waals surface area (Å²) < 4.78 is 9.49. The van der Waals surface area contributed by atoms with Crippen LogP contribution in [-0.4, -0.2) is 36.8 Å². The maximum absolute atomic E-state index is 11.1. The Balaban J connectivity index is 2.54. The van der Waals surface area contributed by atoms with Crippen LogP contribution in [-0.2, 0) is 20.7 Å². The standard InChI is InChI=1S/C12H15NO5/c1-17-12(16)10(13)6-8-2-4-9(5-3-8)18-7-11(14)15/h2-5,10H,6-7,13H2,1H3,(H,14,15)/t10-/m0/s1. The van der Waals surface area contributed by atoms with Gasteiger partial charge in [0.25, 0.3) is 0 Å². The van der Waals surface area contributed by atoms with Crippen LogP contribution in [0.5, 0.6) is 5.75 Å². The number of carboxylic acids is 1. The first-order valence-electron chi connectivity index (χ1n) is 5.30. The molecule has 6 nitrogen and oxygen atoms in total. The largest absolute Gasteiger partial charge is 0.482 e. The van der Waals surface area contributed by atoms with Gasteiger partial charge in [0.15, 0.2) is 6.61 Å². The minimum absolute atomic E-state index is 0.353. The van der Waals surface area contributed by atoms with Crippen LogP contribution < -0.4 is 10.5 Å². The van der Waals surface area contributed by atoms with Crippen molar-refractivity contribution in [1.82, 2.24) is 0 Å². The van der Waals surface area contributed by atoms with Crippen LogP contribution in [0.3, 0.4) is 0 Å². The highest BCUT2D eigenvalue weighted by Crippen LogP contribution is 2.13. The second kappa shape index (κ2) is 6.61. The van der Waals surface area contributed by atoms with Gasteiger partial charge in [-0.2, -0.15) is 0 Å². The molecule has 1 atom stereocenters. The Morgan fingerprint density at radius 1 is 1.33 bits per heavy atom. The van der Waals surface area contributed by atoms with Gasteiger partial charge in [0.2, 0.25) is 0 Å². The summed E-state index contributed by atoms with van der Waals surface area (Å²) in [6.07, 6.45) is 0.353. The average molecular weight is 253 g/mol. The smallest absolute Gasteiger partial charge is 0.341 e. The lowest BCUT2D eigenvalue weighted by Gasteiger charge is -2.09. The first-order chi connectivity index (χ1) is 8.52. The Morgan fingerprint density at radius 2 is 1.94 bits per heavy atom. The number of carboxylic acid groups (broad SMARTS) is 1. The molecular formula is C12H15NO5. The second-order valence-corrected chi connectivity index (χ2v) is 3.66. The quantitative estimate of drug-likeness (QED) is 0.702. The zero-order chi connectivity index (χ0) is 13.5. The van der Waals surface area contributed by atoms with Gasteiger partial charge >= 0.3 is 11.9 Å². The van der Waals surface area contributed by atoms with Crippen LogP contribution in [0.15, 0.2) is 24.3 Å². The van der Waals surface area contributed by atoms with Gasteiger partial charge in [-0.3, -0.25) is 4.79 Å². The van der Waals surface area contributed by atoms with Crippen molar-refractivity contribution in [2.24, 2.45) is 5.73 Å². The molecule has 0 heterocycles. The monoisotopic (exact) mass is 253 g/mol. The summed E-state index contributed by atoms with van der Waals surface area (Å²) in [6.45, 7) is -0.388. The molecule has 1 rings (SSSR count). The van der Waals surface area contributed by atoms with Gasteiger partial charge < -0.3 is 20.3 Å². The zero-order valence-corrected chi connectivity index (χ0v) is 9.96. The number of methoxy groups -OCH3 is 1. The van der Waals surface area contributed by atoms with Crippen LogP contribution in [0.4, 0.5) is 0 Å². The number of rotatable bonds is 6. The Morgan fingerprint density at radius 3 is 2.44 bits per heavy atom. The maximum Gasteiger partial charge on any atom is 0.341 e. The van der Waals surface area contributed by atoms with E-state index in [4.69, 9.17) is 15.6 Å². The highest BCUT2D eigenvalue weighted by molar-refractivity contribution is 5.75. The molecule has 18 heavy (non-hydrogen) atoms. The van der Waals surface area contributed by atoms with Crippen molar-refractivity contribution < 1.29 is 24.2 Å². The minimum atomic E-state index is -1.04. The summed E-state index contributed by atoms with van der Waals surface area (Å²) >= 11 is 0. The first kappa shape index (κ1) is 14.0. The van der Waals surface area contributed by atoms with E-state index in [1.54, 1.807) is 24.3 Å². The molecule has 0 aliphatic rings. The van der Waals surface area contributed by atoms with E-state index in [1.807, 2.05) is 0 Å². The van der Waals surface area contributed by atoms with E-state index in [-0.39, 0.29) is 6.61 Å². The molecule has 3 N–H and O–H groups in total. The normalized spacial score (nSPS) is 11.7. The summed E-state index contributed by atoms with van der Waals surface area (Å²) in [7, 11) is 1.28. The number of carbonyl (C=O) groups excluding carboxylic acids is 1. The number of ether oxygens (including phenoxy) is 2. The van der Waals surface area contributed by atoms with Crippen molar-refractivity contribution in [2.75, 3.05) is 13.7 Å². The number of carbonyl (C=O) groups is 2. The van der Waals surface area contributed by atoms with Gasteiger partial charge in [-0.1, -0.05) is 12.1 Å². The summed E-state index contributed by atoms with van der Waals surface area (Å²) in [5.41, 5.74) is 6.46. The Hall–Kier alpha value is -2.08. The molecule has 1 aromatic carbocycles. The molecule has 98 valence electrons. The van der Waals surface area contributed by atoms with Gasteiger partial charge in [0, 0.05) is 0 Å². The molecule has 1 aromatic rings. The highest BCUT2D eigenvalue weighted by atomic mass is 16.5. The van der Waals surface area contributed by atoms with Gasteiger partial charge in [-0.15, -0.1) is 0 Å². The fourth-order valence-electron chi connectivity index (χ4n) is 1.36. The molecule has 0 unspecified atom stereocenters. The molecule has 0 radical (unpaired) electrons. The molecule has 0 aromatic heterocycles. The Labute approximate surface area is 104 Å². The molecule has 0 aliphatic carbocycles. The predicted octanol–water partition coefficient (Wildman–Crippen LogP) is 0.193. The van der Waals surface area contributed by atoms with Crippen molar-refractivity contribution in [3.05, 3.63) is 29.8 Å². The Kier molecular flexibility index (Phi) is 5.13. The third-order valence-electron chi connectivity index (χ3n) is 2.25. The van der Waals surface area contributed by atoms with Crippen LogP contribution >= 0.6 is 0 Å². The minimum Gasteiger partial charge on any atom is -0.482 e. The number of nitrogens with two attached hydrogens (primary N) is 1. The summed E-state index contributed by atoms with van der Waals surface area (Å²) in [5, 5.41) is 8.44. The van der Waals surface area contributed by atoms with E-state index < -0.39 is 18.0 Å². The van der Waals surface area contributed by atoms with E-state index in [1.165, 1.54) is 7.11 Å². The lowest BCUT2D eigenvalue weighted by molar-refractivity contribution is -0.142. The van der Waals surface area contributed by atoms with E-state index in [0.29, 0.717) is 12.2 Å². The van der Waals surface area contributed by atoms with Gasteiger partial charge in [0.1, 0.15) is 11.8 Å². The van der Waals surface area contributed by atoms with Crippen molar-refractivity contribution >= 4 is 11.9 Å². The lowest BCUT2D eigenvalue weighted by Crippen LogP contribution is -2.33. The van der Waals surface area contributed by atoms with Crippen LogP contribution in [0.25, 0.3) is 0 Å². The molecule has 0 spiro atoms. The lowest BCUT2D eigenvalue weighted by atomic mass is 10.1. The third kappa shape index (κ3) is 4.42. The van der Waals surface area contributed by atoms with E-state index in [0.717, 1.165) is 5.56 Å². The van der Waals surface area contributed by atoms with Crippen molar-refractivity contribution in [3.63, 3.8) is 0 Å². The SMILES string of the molecule is COC(=O)[C@@H](N)Cc1ccc(OCC(=O)O)cc1.